The number of nitrogens with zero attached hydrogens (tertiary/aromatic N) is 1. The van der Waals surface area contributed by atoms with Crippen molar-refractivity contribution < 1.29 is 5.11 Å². The highest BCUT2D eigenvalue weighted by Gasteiger charge is 2.16. The van der Waals surface area contributed by atoms with E-state index >= 15 is 0 Å². The van der Waals surface area contributed by atoms with Crippen LogP contribution in [0.2, 0.25) is 10.0 Å². The van der Waals surface area contributed by atoms with Crippen molar-refractivity contribution in [2.45, 2.75) is 6.10 Å². The molecule has 88 valence electrons. The summed E-state index contributed by atoms with van der Waals surface area (Å²) in [5, 5.41) is 11.1. The normalized spacial score (nSPS) is 12.4. The Morgan fingerprint density at radius 3 is 2.59 bits per heavy atom. The van der Waals surface area contributed by atoms with Crippen molar-refractivity contribution in [3.8, 4) is 0 Å². The Labute approximate surface area is 109 Å². The van der Waals surface area contributed by atoms with E-state index in [1.165, 1.54) is 0 Å². The molecule has 0 saturated carbocycles. The van der Waals surface area contributed by atoms with Crippen molar-refractivity contribution in [2.75, 3.05) is 5.73 Å². The van der Waals surface area contributed by atoms with Gasteiger partial charge in [0.05, 0.1) is 0 Å². The van der Waals surface area contributed by atoms with E-state index < -0.39 is 6.10 Å². The first kappa shape index (κ1) is 12.2. The van der Waals surface area contributed by atoms with Gasteiger partial charge >= 0.3 is 0 Å². The molecule has 0 bridgehead atoms. The van der Waals surface area contributed by atoms with Crippen LogP contribution >= 0.6 is 23.2 Å². The predicted octanol–water partition coefficient (Wildman–Crippen LogP) is 3.05. The number of aliphatic hydroxyl groups excluding tert-OH is 1. The number of nitrogens with two attached hydrogens (primary N) is 1. The summed E-state index contributed by atoms with van der Waals surface area (Å²) in [7, 11) is 0. The topological polar surface area (TPSA) is 59.1 Å². The minimum atomic E-state index is -0.909. The van der Waals surface area contributed by atoms with Gasteiger partial charge in [-0.1, -0.05) is 35.3 Å². The standard InChI is InChI=1S/C12H10Cl2N2O/c13-7-3-4-8(10(14)6-7)11(17)9-2-1-5-16-12(9)15/h1-6,11,17H,(H2,15,16). The van der Waals surface area contributed by atoms with Gasteiger partial charge < -0.3 is 10.8 Å². The molecular formula is C12H10Cl2N2O. The maximum absolute atomic E-state index is 10.2. The molecule has 1 unspecified atom stereocenters. The lowest BCUT2D eigenvalue weighted by Crippen LogP contribution is -2.05. The number of halogens is 2. The number of anilines is 1. The van der Waals surface area contributed by atoms with Gasteiger partial charge in [-0.15, -0.1) is 0 Å². The molecule has 1 aromatic heterocycles. The van der Waals surface area contributed by atoms with Gasteiger partial charge in [0.15, 0.2) is 0 Å². The smallest absolute Gasteiger partial charge is 0.129 e. The Balaban J connectivity index is 2.44. The lowest BCUT2D eigenvalue weighted by Gasteiger charge is -2.14. The number of aliphatic hydroxyl groups is 1. The van der Waals surface area contributed by atoms with Crippen LogP contribution in [-0.4, -0.2) is 10.1 Å². The highest BCUT2D eigenvalue weighted by atomic mass is 35.5. The van der Waals surface area contributed by atoms with Crippen LogP contribution in [0.15, 0.2) is 36.5 Å². The summed E-state index contributed by atoms with van der Waals surface area (Å²) in [6.07, 6.45) is 0.656. The monoisotopic (exact) mass is 268 g/mol. The first-order valence-electron chi connectivity index (χ1n) is 4.93. The van der Waals surface area contributed by atoms with Crippen molar-refractivity contribution in [3.63, 3.8) is 0 Å². The highest BCUT2D eigenvalue weighted by molar-refractivity contribution is 6.35. The first-order valence-corrected chi connectivity index (χ1v) is 5.68. The summed E-state index contributed by atoms with van der Waals surface area (Å²) < 4.78 is 0. The van der Waals surface area contributed by atoms with Gasteiger partial charge in [0.2, 0.25) is 0 Å². The van der Waals surface area contributed by atoms with Crippen molar-refractivity contribution >= 4 is 29.0 Å². The summed E-state index contributed by atoms with van der Waals surface area (Å²) in [4.78, 5) is 3.92. The summed E-state index contributed by atoms with van der Waals surface area (Å²) in [6.45, 7) is 0. The Bertz CT molecular complexity index is 546. The lowest BCUT2D eigenvalue weighted by atomic mass is 10.0. The fraction of sp³-hybridized carbons (Fsp3) is 0.0833. The number of benzene rings is 1. The van der Waals surface area contributed by atoms with Gasteiger partial charge in [-0.3, -0.25) is 0 Å². The molecule has 0 radical (unpaired) electrons. The zero-order valence-electron chi connectivity index (χ0n) is 8.77. The van der Waals surface area contributed by atoms with Crippen molar-refractivity contribution in [2.24, 2.45) is 0 Å². The van der Waals surface area contributed by atoms with Crippen LogP contribution in [0.3, 0.4) is 0 Å². The number of rotatable bonds is 2. The number of aromatic nitrogens is 1. The quantitative estimate of drug-likeness (QED) is 0.880. The van der Waals surface area contributed by atoms with Crippen molar-refractivity contribution in [3.05, 3.63) is 57.7 Å². The fourth-order valence-electron chi connectivity index (χ4n) is 1.55. The Hall–Kier alpha value is -1.29. The molecule has 0 fully saturated rings. The Morgan fingerprint density at radius 1 is 1.18 bits per heavy atom. The molecule has 1 aromatic carbocycles. The van der Waals surface area contributed by atoms with E-state index in [0.717, 1.165) is 0 Å². The van der Waals surface area contributed by atoms with E-state index in [2.05, 4.69) is 4.98 Å². The average Bonchev–Trinajstić information content (AvgIpc) is 2.29. The summed E-state index contributed by atoms with van der Waals surface area (Å²) in [5.74, 6) is 0.283. The Morgan fingerprint density at radius 2 is 1.94 bits per heavy atom. The molecule has 0 saturated heterocycles. The fourth-order valence-corrected chi connectivity index (χ4v) is 2.06. The molecule has 1 heterocycles. The number of pyridine rings is 1. The van der Waals surface area contributed by atoms with Gasteiger partial charge in [0.25, 0.3) is 0 Å². The van der Waals surface area contributed by atoms with E-state index in [1.54, 1.807) is 36.5 Å². The summed E-state index contributed by atoms with van der Waals surface area (Å²) in [5.41, 5.74) is 6.77. The molecule has 0 aliphatic rings. The predicted molar refractivity (Wildman–Crippen MR) is 69.2 cm³/mol. The molecule has 1 atom stereocenters. The number of nitrogen functional groups attached to an aromatic ring is 1. The number of hydrogen-bond donors (Lipinski definition) is 2. The Kier molecular flexibility index (Phi) is 3.52. The van der Waals surface area contributed by atoms with Crippen LogP contribution in [0.25, 0.3) is 0 Å². The highest BCUT2D eigenvalue weighted by Crippen LogP contribution is 2.31. The van der Waals surface area contributed by atoms with Crippen LogP contribution in [0, 0.1) is 0 Å². The van der Waals surface area contributed by atoms with Crippen LogP contribution in [0.5, 0.6) is 0 Å². The van der Waals surface area contributed by atoms with Gasteiger partial charge in [-0.2, -0.15) is 0 Å². The molecule has 0 spiro atoms. The first-order chi connectivity index (χ1) is 8.09. The average molecular weight is 269 g/mol. The number of hydrogen-bond acceptors (Lipinski definition) is 3. The van der Waals surface area contributed by atoms with Crippen LogP contribution in [0.4, 0.5) is 5.82 Å². The van der Waals surface area contributed by atoms with Gasteiger partial charge in [0.1, 0.15) is 11.9 Å². The molecule has 17 heavy (non-hydrogen) atoms. The summed E-state index contributed by atoms with van der Waals surface area (Å²) >= 11 is 11.8. The zero-order chi connectivity index (χ0) is 12.4. The van der Waals surface area contributed by atoms with Crippen molar-refractivity contribution in [1.29, 1.82) is 0 Å². The minimum Gasteiger partial charge on any atom is -0.383 e. The maximum atomic E-state index is 10.2. The largest absolute Gasteiger partial charge is 0.383 e. The second-order valence-corrected chi connectivity index (χ2v) is 4.39. The summed E-state index contributed by atoms with van der Waals surface area (Å²) in [6, 6.07) is 8.32. The molecule has 2 rings (SSSR count). The second-order valence-electron chi connectivity index (χ2n) is 3.55. The third kappa shape index (κ3) is 2.52. The minimum absolute atomic E-state index is 0.283. The van der Waals surface area contributed by atoms with E-state index in [9.17, 15) is 5.11 Å². The molecule has 0 aliphatic heterocycles. The SMILES string of the molecule is Nc1ncccc1C(O)c1ccc(Cl)cc1Cl. The van der Waals surface area contributed by atoms with E-state index in [4.69, 9.17) is 28.9 Å². The van der Waals surface area contributed by atoms with E-state index in [1.807, 2.05) is 0 Å². The van der Waals surface area contributed by atoms with Crippen molar-refractivity contribution in [1.82, 2.24) is 4.98 Å². The van der Waals surface area contributed by atoms with E-state index in [0.29, 0.717) is 21.2 Å². The lowest BCUT2D eigenvalue weighted by molar-refractivity contribution is 0.221. The van der Waals surface area contributed by atoms with Crippen LogP contribution in [-0.2, 0) is 0 Å². The zero-order valence-corrected chi connectivity index (χ0v) is 10.3. The molecular weight excluding hydrogens is 259 g/mol. The van der Waals surface area contributed by atoms with Crippen LogP contribution in [0.1, 0.15) is 17.2 Å². The molecule has 2 aromatic rings. The molecule has 3 nitrogen and oxygen atoms in total. The molecule has 0 amide bonds. The van der Waals surface area contributed by atoms with Gasteiger partial charge in [-0.05, 0) is 18.2 Å². The molecule has 3 N–H and O–H groups in total. The van der Waals surface area contributed by atoms with Gasteiger partial charge in [0, 0.05) is 27.4 Å². The molecule has 5 heteroatoms. The van der Waals surface area contributed by atoms with E-state index in [-0.39, 0.29) is 5.82 Å². The molecule has 0 aliphatic carbocycles. The second kappa shape index (κ2) is 4.92. The third-order valence-corrected chi connectivity index (χ3v) is 2.99. The van der Waals surface area contributed by atoms with Gasteiger partial charge in [-0.25, -0.2) is 4.98 Å². The third-order valence-electron chi connectivity index (χ3n) is 2.42. The van der Waals surface area contributed by atoms with Crippen LogP contribution < -0.4 is 5.73 Å². The maximum Gasteiger partial charge on any atom is 0.129 e.